The molecule has 3 rings (SSSR count). The molecule has 30 heavy (non-hydrogen) atoms. The molecule has 3 atom stereocenters. The Bertz CT molecular complexity index is 1020. The fourth-order valence-electron chi connectivity index (χ4n) is 3.40. The van der Waals surface area contributed by atoms with E-state index in [4.69, 9.17) is 27.9 Å². The second kappa shape index (κ2) is 9.78. The van der Waals surface area contributed by atoms with E-state index in [1.165, 1.54) is 10.8 Å². The van der Waals surface area contributed by atoms with E-state index in [-0.39, 0.29) is 25.3 Å². The number of aromatic amines is 1. The summed E-state index contributed by atoms with van der Waals surface area (Å²) in [6.45, 7) is 1.98. The van der Waals surface area contributed by atoms with Crippen LogP contribution in [-0.2, 0) is 22.4 Å². The molecule has 1 fully saturated rings. The Morgan fingerprint density at radius 1 is 1.33 bits per heavy atom. The van der Waals surface area contributed by atoms with Crippen molar-refractivity contribution in [2.24, 2.45) is 0 Å². The number of hydrogen-bond acceptors (Lipinski definition) is 5. The molecule has 1 aromatic carbocycles. The van der Waals surface area contributed by atoms with Crippen molar-refractivity contribution in [3.05, 3.63) is 66.4 Å². The predicted molar refractivity (Wildman–Crippen MR) is 113 cm³/mol. The zero-order valence-corrected chi connectivity index (χ0v) is 17.9. The first-order chi connectivity index (χ1) is 14.3. The van der Waals surface area contributed by atoms with Crippen LogP contribution >= 0.6 is 23.2 Å². The number of nitrogens with one attached hydrogen (secondary N) is 2. The minimum absolute atomic E-state index is 0.00942. The number of ether oxygens (including phenoxy) is 1. The van der Waals surface area contributed by atoms with E-state index in [0.717, 1.165) is 6.42 Å². The van der Waals surface area contributed by atoms with Gasteiger partial charge in [0.2, 0.25) is 5.91 Å². The van der Waals surface area contributed by atoms with Crippen molar-refractivity contribution in [3.63, 3.8) is 0 Å². The first-order valence-electron chi connectivity index (χ1n) is 9.67. The van der Waals surface area contributed by atoms with Crippen molar-refractivity contribution in [2.75, 3.05) is 6.54 Å². The van der Waals surface area contributed by atoms with E-state index < -0.39 is 29.7 Å². The quantitative estimate of drug-likeness (QED) is 0.588. The number of H-pyrrole nitrogens is 1. The summed E-state index contributed by atoms with van der Waals surface area (Å²) in [7, 11) is 0. The lowest BCUT2D eigenvalue weighted by Gasteiger charge is -2.17. The van der Waals surface area contributed by atoms with Crippen molar-refractivity contribution >= 4 is 29.1 Å². The minimum Gasteiger partial charge on any atom is -0.390 e. The molecule has 8 nitrogen and oxygen atoms in total. The molecule has 0 aliphatic carbocycles. The third-order valence-corrected chi connectivity index (χ3v) is 5.68. The number of hydrogen-bond donors (Lipinski definition) is 3. The maximum Gasteiger partial charge on any atom is 0.330 e. The number of aliphatic hydroxyl groups excluding tert-OH is 1. The first kappa shape index (κ1) is 22.6. The molecule has 10 heteroatoms. The number of aromatic nitrogens is 2. The van der Waals surface area contributed by atoms with Crippen LogP contribution in [0.3, 0.4) is 0 Å². The van der Waals surface area contributed by atoms with Crippen LogP contribution in [0.5, 0.6) is 0 Å². The molecule has 1 aliphatic rings. The van der Waals surface area contributed by atoms with Crippen molar-refractivity contribution < 1.29 is 14.6 Å². The second-order valence-electron chi connectivity index (χ2n) is 7.18. The molecular weight excluding hydrogens is 433 g/mol. The van der Waals surface area contributed by atoms with E-state index >= 15 is 0 Å². The number of nitrogens with zero attached hydrogens (tertiary/aromatic N) is 1. The fourth-order valence-corrected chi connectivity index (χ4v) is 3.93. The summed E-state index contributed by atoms with van der Waals surface area (Å²) in [6, 6.07) is 5.00. The summed E-state index contributed by atoms with van der Waals surface area (Å²) in [5.74, 6) is -0.323. The van der Waals surface area contributed by atoms with Crippen LogP contribution in [0.2, 0.25) is 10.0 Å². The van der Waals surface area contributed by atoms with Crippen LogP contribution in [0, 0.1) is 0 Å². The smallest absolute Gasteiger partial charge is 0.330 e. The molecule has 2 aromatic rings. The molecule has 0 saturated carbocycles. The Balaban J connectivity index is 1.63. The second-order valence-corrected chi connectivity index (χ2v) is 8.00. The zero-order valence-electron chi connectivity index (χ0n) is 16.4. The summed E-state index contributed by atoms with van der Waals surface area (Å²) in [4.78, 5) is 38.6. The Kier molecular flexibility index (Phi) is 7.36. The number of benzene rings is 1. The summed E-state index contributed by atoms with van der Waals surface area (Å²) < 4.78 is 7.06. The largest absolute Gasteiger partial charge is 0.390 e. The fraction of sp³-hybridized carbons (Fsp3) is 0.450. The van der Waals surface area contributed by atoms with Crippen LogP contribution < -0.4 is 16.6 Å². The molecular formula is C20H23Cl2N3O5. The number of aliphatic hydroxyl groups is 1. The van der Waals surface area contributed by atoms with E-state index in [1.54, 1.807) is 18.2 Å². The van der Waals surface area contributed by atoms with Gasteiger partial charge in [0.15, 0.2) is 0 Å². The van der Waals surface area contributed by atoms with Crippen LogP contribution in [0.1, 0.15) is 37.1 Å². The zero-order chi connectivity index (χ0) is 21.8. The van der Waals surface area contributed by atoms with E-state index in [9.17, 15) is 19.5 Å². The Hall–Kier alpha value is -2.13. The van der Waals surface area contributed by atoms with Crippen molar-refractivity contribution in [1.82, 2.24) is 14.9 Å². The van der Waals surface area contributed by atoms with Gasteiger partial charge in [0.1, 0.15) is 12.3 Å². The number of rotatable bonds is 7. The summed E-state index contributed by atoms with van der Waals surface area (Å²) in [6.07, 6.45) is 0.581. The highest BCUT2D eigenvalue weighted by Crippen LogP contribution is 2.28. The van der Waals surface area contributed by atoms with E-state index in [0.29, 0.717) is 27.6 Å². The highest BCUT2D eigenvalue weighted by atomic mass is 35.5. The van der Waals surface area contributed by atoms with Gasteiger partial charge in [-0.1, -0.05) is 42.6 Å². The maximum atomic E-state index is 12.3. The number of amides is 1. The van der Waals surface area contributed by atoms with Gasteiger partial charge in [-0.25, -0.2) is 4.79 Å². The van der Waals surface area contributed by atoms with Gasteiger partial charge in [-0.2, -0.15) is 0 Å². The maximum absolute atomic E-state index is 12.3. The lowest BCUT2D eigenvalue weighted by molar-refractivity contribution is -0.121. The molecule has 0 spiro atoms. The van der Waals surface area contributed by atoms with Gasteiger partial charge < -0.3 is 15.2 Å². The molecule has 1 aliphatic heterocycles. The molecule has 1 amide bonds. The van der Waals surface area contributed by atoms with Gasteiger partial charge in [0, 0.05) is 34.8 Å². The lowest BCUT2D eigenvalue weighted by Crippen LogP contribution is -2.38. The molecule has 2 heterocycles. The minimum atomic E-state index is -0.882. The molecule has 162 valence electrons. The van der Waals surface area contributed by atoms with Gasteiger partial charge in [-0.3, -0.25) is 19.1 Å². The van der Waals surface area contributed by atoms with Gasteiger partial charge in [-0.05, 0) is 24.1 Å². The number of carbonyl (C=O) groups is 1. The average molecular weight is 456 g/mol. The van der Waals surface area contributed by atoms with Crippen LogP contribution in [0.15, 0.2) is 34.0 Å². The van der Waals surface area contributed by atoms with Crippen molar-refractivity contribution in [1.29, 1.82) is 0 Å². The molecule has 0 bridgehead atoms. The van der Waals surface area contributed by atoms with Crippen LogP contribution in [-0.4, -0.2) is 39.3 Å². The lowest BCUT2D eigenvalue weighted by atomic mass is 10.1. The highest BCUT2D eigenvalue weighted by molar-refractivity contribution is 6.36. The molecule has 1 aromatic heterocycles. The van der Waals surface area contributed by atoms with Crippen LogP contribution in [0.4, 0.5) is 0 Å². The average Bonchev–Trinajstić information content (AvgIpc) is 3.06. The van der Waals surface area contributed by atoms with E-state index in [2.05, 4.69) is 10.3 Å². The van der Waals surface area contributed by atoms with Gasteiger partial charge >= 0.3 is 5.69 Å². The molecule has 1 saturated heterocycles. The third-order valence-electron chi connectivity index (χ3n) is 4.97. The predicted octanol–water partition coefficient (Wildman–Crippen LogP) is 1.80. The number of halogens is 2. The number of carbonyl (C=O) groups excluding carboxylic acids is 1. The van der Waals surface area contributed by atoms with E-state index in [1.807, 2.05) is 6.92 Å². The monoisotopic (exact) mass is 455 g/mol. The molecule has 0 radical (unpaired) electrons. The van der Waals surface area contributed by atoms with Crippen molar-refractivity contribution in [3.8, 4) is 0 Å². The summed E-state index contributed by atoms with van der Waals surface area (Å²) in [5.41, 5.74) is -0.0234. The Morgan fingerprint density at radius 3 is 2.70 bits per heavy atom. The highest BCUT2D eigenvalue weighted by Gasteiger charge is 2.35. The Labute approximate surface area is 182 Å². The van der Waals surface area contributed by atoms with Gasteiger partial charge in [-0.15, -0.1) is 0 Å². The normalized spacial score (nSPS) is 21.0. The summed E-state index contributed by atoms with van der Waals surface area (Å²) in [5, 5.41) is 13.8. The topological polar surface area (TPSA) is 113 Å². The third kappa shape index (κ3) is 5.13. The number of aryl methyl sites for hydroxylation is 1. The van der Waals surface area contributed by atoms with Crippen LogP contribution in [0.25, 0.3) is 0 Å². The van der Waals surface area contributed by atoms with Crippen molar-refractivity contribution in [2.45, 2.75) is 51.0 Å². The molecule has 3 N–H and O–H groups in total. The summed E-state index contributed by atoms with van der Waals surface area (Å²) >= 11 is 12.2. The molecule has 0 unspecified atom stereocenters. The first-order valence-corrected chi connectivity index (χ1v) is 10.4. The van der Waals surface area contributed by atoms with Gasteiger partial charge in [0.25, 0.3) is 5.56 Å². The standard InChI is InChI=1S/C20H23Cl2N3O5/c1-2-4-11-10-25(20(29)24-19(11)28)18-8-15(26)16(30-18)9-23-17(27)7-12-13(21)5-3-6-14(12)22/h3,5-6,10,15-16,18,26H,2,4,7-9H2,1H3,(H,23,27)(H,24,28,29)/t15-,16+,18+/m0/s1. The SMILES string of the molecule is CCCc1cn([C@H]2C[C@H](O)[C@@H](CNC(=O)Cc3c(Cl)cccc3Cl)O2)c(=O)[nH]c1=O. The van der Waals surface area contributed by atoms with Gasteiger partial charge in [0.05, 0.1) is 12.5 Å². The Morgan fingerprint density at radius 2 is 2.03 bits per heavy atom.